The van der Waals surface area contributed by atoms with Crippen molar-refractivity contribution in [2.24, 2.45) is 0 Å². The Morgan fingerprint density at radius 2 is 0.708 bits per heavy atom. The predicted octanol–water partition coefficient (Wildman–Crippen LogP) is 17.7. The molecule has 0 saturated carbocycles. The number of aryl methyl sites for hydroxylation is 4. The molecular weight excluding hydrogens is 785 g/mol. The second-order valence-corrected chi connectivity index (χ2v) is 18.2. The molecule has 1 aliphatic carbocycles. The first kappa shape index (κ1) is 41.3. The van der Waals surface area contributed by atoms with Crippen molar-refractivity contribution < 1.29 is 0 Å². The van der Waals surface area contributed by atoms with Crippen LogP contribution in [0.3, 0.4) is 0 Å². The molecule has 0 radical (unpaired) electrons. The van der Waals surface area contributed by atoms with Crippen LogP contribution in [0.4, 0.5) is 34.1 Å². The summed E-state index contributed by atoms with van der Waals surface area (Å²) < 4.78 is 0. The minimum Gasteiger partial charge on any atom is -0.311 e. The fraction of sp³-hybridized carbons (Fsp3) is 0.111. The lowest BCUT2D eigenvalue weighted by atomic mass is 9.68. The zero-order valence-corrected chi connectivity index (χ0v) is 38.2. The second kappa shape index (κ2) is 17.1. The molecule has 0 aromatic heterocycles. The summed E-state index contributed by atoms with van der Waals surface area (Å²) in [7, 11) is 0. The van der Waals surface area contributed by atoms with E-state index in [4.69, 9.17) is 0 Å². The van der Waals surface area contributed by atoms with Crippen molar-refractivity contribution in [3.63, 3.8) is 0 Å². The van der Waals surface area contributed by atoms with E-state index in [-0.39, 0.29) is 5.41 Å². The van der Waals surface area contributed by atoms with Gasteiger partial charge in [0.25, 0.3) is 0 Å². The molecule has 0 aliphatic heterocycles. The molecule has 0 fully saturated rings. The van der Waals surface area contributed by atoms with Gasteiger partial charge in [-0.1, -0.05) is 182 Å². The van der Waals surface area contributed by atoms with Crippen LogP contribution in [-0.4, -0.2) is 0 Å². The van der Waals surface area contributed by atoms with Gasteiger partial charge in [-0.2, -0.15) is 0 Å². The van der Waals surface area contributed by atoms with Gasteiger partial charge in [0, 0.05) is 39.5 Å². The van der Waals surface area contributed by atoms with Gasteiger partial charge in [-0.25, -0.2) is 0 Å². The van der Waals surface area contributed by atoms with E-state index in [1.54, 1.807) is 0 Å². The van der Waals surface area contributed by atoms with Crippen molar-refractivity contribution in [2.45, 2.75) is 47.0 Å². The number of rotatable bonds is 10. The Morgan fingerprint density at radius 1 is 0.338 bits per heavy atom. The number of fused-ring (bicyclic) bond motifs is 2. The van der Waals surface area contributed by atoms with Crippen molar-refractivity contribution in [3.8, 4) is 11.1 Å². The first-order chi connectivity index (χ1) is 31.6. The smallest absolute Gasteiger partial charge is 0.0462 e. The molecule has 0 amide bonds. The van der Waals surface area contributed by atoms with Gasteiger partial charge in [0.1, 0.15) is 0 Å². The molecule has 2 heteroatoms. The standard InChI is InChI=1S/C63H54N2/c1-43-10-28-51(29-11-43)64(52-30-12-44(2)13-31-52)55-36-21-47(22-37-55)18-19-49-25-40-58-59-41-27-50(57-8-7-9-60(62(57)59)63(5,6)61(58)42-49)26-20-48-23-38-56(39-24-48)65(53-32-14-45(3)15-33-53)54-34-16-46(4)17-35-54/h7-42H,1-6H3/b19-18+,26-20+. The minimum atomic E-state index is -0.179. The fourth-order valence-electron chi connectivity index (χ4n) is 9.40. The largest absolute Gasteiger partial charge is 0.311 e. The Bertz CT molecular complexity index is 3110. The molecule has 9 aromatic rings. The van der Waals surface area contributed by atoms with Crippen molar-refractivity contribution in [2.75, 3.05) is 9.80 Å². The highest BCUT2D eigenvalue weighted by molar-refractivity contribution is 6.07. The van der Waals surface area contributed by atoms with E-state index in [1.807, 2.05) is 0 Å². The third kappa shape index (κ3) is 8.20. The molecule has 9 aromatic carbocycles. The number of hydrogen-bond acceptors (Lipinski definition) is 2. The summed E-state index contributed by atoms with van der Waals surface area (Å²) in [5.41, 5.74) is 21.8. The quantitative estimate of drug-likeness (QED) is 0.127. The maximum atomic E-state index is 2.40. The first-order valence-electron chi connectivity index (χ1n) is 22.7. The highest BCUT2D eigenvalue weighted by atomic mass is 15.1. The molecule has 0 bridgehead atoms. The van der Waals surface area contributed by atoms with Crippen LogP contribution in [-0.2, 0) is 5.41 Å². The Kier molecular flexibility index (Phi) is 10.9. The molecule has 0 atom stereocenters. The van der Waals surface area contributed by atoms with Crippen LogP contribution in [0.5, 0.6) is 0 Å². The van der Waals surface area contributed by atoms with Crippen molar-refractivity contribution in [3.05, 3.63) is 250 Å². The summed E-state index contributed by atoms with van der Waals surface area (Å²) in [4.78, 5) is 4.64. The Balaban J connectivity index is 0.909. The molecule has 0 saturated heterocycles. The van der Waals surface area contributed by atoms with Crippen LogP contribution >= 0.6 is 0 Å². The monoisotopic (exact) mass is 838 g/mol. The number of nitrogens with zero attached hydrogens (tertiary/aromatic N) is 2. The Morgan fingerprint density at radius 3 is 1.15 bits per heavy atom. The summed E-state index contributed by atoms with van der Waals surface area (Å²) in [5, 5.41) is 2.63. The first-order valence-corrected chi connectivity index (χ1v) is 22.7. The van der Waals surface area contributed by atoms with Gasteiger partial charge < -0.3 is 9.80 Å². The normalized spacial score (nSPS) is 12.8. The van der Waals surface area contributed by atoms with Gasteiger partial charge in [-0.15, -0.1) is 0 Å². The van der Waals surface area contributed by atoms with E-state index in [2.05, 4.69) is 270 Å². The van der Waals surface area contributed by atoms with E-state index >= 15 is 0 Å². The average Bonchev–Trinajstić information content (AvgIpc) is 3.33. The number of hydrogen-bond donors (Lipinski definition) is 0. The summed E-state index contributed by atoms with van der Waals surface area (Å²) >= 11 is 0. The fourth-order valence-corrected chi connectivity index (χ4v) is 9.40. The molecule has 10 rings (SSSR count). The third-order valence-electron chi connectivity index (χ3n) is 13.1. The van der Waals surface area contributed by atoms with Gasteiger partial charge in [0.15, 0.2) is 0 Å². The molecule has 0 spiro atoms. The summed E-state index contributed by atoms with van der Waals surface area (Å²) in [5.74, 6) is 0. The number of anilines is 6. The topological polar surface area (TPSA) is 6.48 Å². The molecule has 1 aliphatic rings. The molecule has 316 valence electrons. The lowest BCUT2D eigenvalue weighted by Crippen LogP contribution is -2.23. The van der Waals surface area contributed by atoms with E-state index in [9.17, 15) is 0 Å². The summed E-state index contributed by atoms with van der Waals surface area (Å²) in [6, 6.07) is 71.3. The average molecular weight is 839 g/mol. The van der Waals surface area contributed by atoms with Crippen LogP contribution < -0.4 is 9.80 Å². The van der Waals surface area contributed by atoms with Crippen LogP contribution in [0.1, 0.15) is 69.5 Å². The Hall–Kier alpha value is -7.68. The maximum Gasteiger partial charge on any atom is 0.0462 e. The highest BCUT2D eigenvalue weighted by Gasteiger charge is 2.33. The van der Waals surface area contributed by atoms with Crippen molar-refractivity contribution in [1.29, 1.82) is 0 Å². The van der Waals surface area contributed by atoms with Gasteiger partial charge in [0.2, 0.25) is 0 Å². The van der Waals surface area contributed by atoms with Crippen LogP contribution in [0.25, 0.3) is 46.2 Å². The van der Waals surface area contributed by atoms with Crippen LogP contribution in [0.2, 0.25) is 0 Å². The lowest BCUT2D eigenvalue weighted by molar-refractivity contribution is 0.645. The Labute approximate surface area is 385 Å². The van der Waals surface area contributed by atoms with Crippen molar-refractivity contribution in [1.82, 2.24) is 0 Å². The van der Waals surface area contributed by atoms with Crippen molar-refractivity contribution >= 4 is 69.2 Å². The summed E-state index contributed by atoms with van der Waals surface area (Å²) in [6.07, 6.45) is 9.01. The molecule has 65 heavy (non-hydrogen) atoms. The van der Waals surface area contributed by atoms with Gasteiger partial charge in [-0.05, 0) is 156 Å². The van der Waals surface area contributed by atoms with Crippen LogP contribution in [0.15, 0.2) is 194 Å². The molecule has 0 heterocycles. The predicted molar refractivity (Wildman–Crippen MR) is 281 cm³/mol. The minimum absolute atomic E-state index is 0.179. The molecule has 2 nitrogen and oxygen atoms in total. The molecule has 0 unspecified atom stereocenters. The van der Waals surface area contributed by atoms with E-state index in [0.717, 1.165) is 45.3 Å². The number of benzene rings is 9. The third-order valence-corrected chi connectivity index (χ3v) is 13.1. The van der Waals surface area contributed by atoms with Gasteiger partial charge in [0.05, 0.1) is 0 Å². The van der Waals surface area contributed by atoms with Crippen LogP contribution in [0, 0.1) is 27.7 Å². The molecule has 0 N–H and O–H groups in total. The zero-order valence-electron chi connectivity index (χ0n) is 38.2. The molecular formula is C63H54N2. The highest BCUT2D eigenvalue weighted by Crippen LogP contribution is 2.50. The second-order valence-electron chi connectivity index (χ2n) is 18.2. The van der Waals surface area contributed by atoms with E-state index in [1.165, 1.54) is 66.4 Å². The van der Waals surface area contributed by atoms with Gasteiger partial charge >= 0.3 is 0 Å². The van der Waals surface area contributed by atoms with E-state index in [0.29, 0.717) is 0 Å². The van der Waals surface area contributed by atoms with Gasteiger partial charge in [-0.3, -0.25) is 0 Å². The maximum absolute atomic E-state index is 2.40. The zero-order chi connectivity index (χ0) is 44.7. The SMILES string of the molecule is Cc1ccc(N(c2ccc(C)cc2)c2ccc(/C=C/c3ccc4c(c3)C(C)(C)c3cccc5c(/C=C/c6ccc(N(c7ccc(C)cc7)c7ccc(C)cc7)cc6)ccc-4c35)cc2)cc1. The van der Waals surface area contributed by atoms with E-state index < -0.39 is 0 Å². The summed E-state index contributed by atoms with van der Waals surface area (Å²) in [6.45, 7) is 13.3. The lowest BCUT2D eigenvalue weighted by Gasteiger charge is -2.35.